The summed E-state index contributed by atoms with van der Waals surface area (Å²) in [5, 5.41) is 0. The van der Waals surface area contributed by atoms with Crippen molar-refractivity contribution in [3.8, 4) is 5.75 Å². The van der Waals surface area contributed by atoms with Gasteiger partial charge < -0.3 is 9.47 Å². The average Bonchev–Trinajstić information content (AvgIpc) is 3.35. The van der Waals surface area contributed by atoms with Crippen molar-refractivity contribution >= 4 is 23.5 Å². The quantitative estimate of drug-likeness (QED) is 0.135. The zero-order valence-corrected chi connectivity index (χ0v) is 25.1. The Balaban J connectivity index is 1.46. The number of hydrogen-bond donors (Lipinski definition) is 0. The van der Waals surface area contributed by atoms with E-state index in [4.69, 9.17) is 9.47 Å². The number of esters is 1. The highest BCUT2D eigenvalue weighted by Gasteiger charge is 2.37. The van der Waals surface area contributed by atoms with E-state index in [-0.39, 0.29) is 23.6 Å². The maximum Gasteiger partial charge on any atom is 0.349 e. The molecule has 0 spiro atoms. The third-order valence-corrected chi connectivity index (χ3v) is 8.40. The second-order valence-corrected chi connectivity index (χ2v) is 12.0. The van der Waals surface area contributed by atoms with Crippen LogP contribution in [0.1, 0.15) is 54.2 Å². The molecule has 4 rings (SSSR count). The molecule has 0 radical (unpaired) electrons. The molecule has 0 saturated carbocycles. The van der Waals surface area contributed by atoms with Gasteiger partial charge in [-0.05, 0) is 87.6 Å². The number of aryl methyl sites for hydroxylation is 2. The molecule has 0 amide bonds. The van der Waals surface area contributed by atoms with E-state index < -0.39 is 5.60 Å². The highest BCUT2D eigenvalue weighted by atomic mass is 32.2. The van der Waals surface area contributed by atoms with Gasteiger partial charge in [-0.25, -0.2) is 4.79 Å². The number of thioether (sulfide) groups is 1. The Morgan fingerprint density at radius 2 is 1.70 bits per heavy atom. The first-order valence-electron chi connectivity index (χ1n) is 14.1. The number of Topliss-reactive ketones (excluding diaryl/α,β-unsaturated/α-hetero) is 1. The lowest BCUT2D eigenvalue weighted by molar-refractivity contribution is -0.158. The van der Waals surface area contributed by atoms with E-state index >= 15 is 0 Å². The van der Waals surface area contributed by atoms with Crippen molar-refractivity contribution < 1.29 is 19.1 Å². The van der Waals surface area contributed by atoms with Crippen LogP contribution in [0.15, 0.2) is 77.7 Å². The first-order chi connectivity index (χ1) is 19.2. The predicted molar refractivity (Wildman–Crippen MR) is 162 cm³/mol. The SMILES string of the molecule is CCOC(=O)C(C)(C)Oc1ccc(CC[C@H]2CN(Cc3ccccc3)CC2C(=O)c2ccc(SC)cc2)cc1C. The van der Waals surface area contributed by atoms with Crippen LogP contribution in [-0.2, 0) is 22.5 Å². The molecule has 1 aliphatic heterocycles. The summed E-state index contributed by atoms with van der Waals surface area (Å²) in [4.78, 5) is 29.6. The summed E-state index contributed by atoms with van der Waals surface area (Å²) < 4.78 is 11.2. The van der Waals surface area contributed by atoms with Crippen LogP contribution in [0.5, 0.6) is 5.75 Å². The summed E-state index contributed by atoms with van der Waals surface area (Å²) in [5.41, 5.74) is 3.20. The molecule has 2 atom stereocenters. The Hall–Kier alpha value is -3.09. The topological polar surface area (TPSA) is 55.8 Å². The second-order valence-electron chi connectivity index (χ2n) is 11.1. The van der Waals surface area contributed by atoms with Crippen molar-refractivity contribution in [2.45, 2.75) is 57.6 Å². The van der Waals surface area contributed by atoms with Gasteiger partial charge in [-0.15, -0.1) is 11.8 Å². The van der Waals surface area contributed by atoms with Crippen molar-refractivity contribution in [3.63, 3.8) is 0 Å². The molecule has 3 aromatic carbocycles. The minimum atomic E-state index is -1.06. The zero-order chi connectivity index (χ0) is 28.7. The molecule has 1 unspecified atom stereocenters. The first-order valence-corrected chi connectivity index (χ1v) is 15.3. The van der Waals surface area contributed by atoms with Crippen molar-refractivity contribution in [1.29, 1.82) is 0 Å². The second kappa shape index (κ2) is 13.5. The van der Waals surface area contributed by atoms with Crippen LogP contribution in [-0.4, -0.2) is 48.2 Å². The number of ketones is 1. The zero-order valence-electron chi connectivity index (χ0n) is 24.3. The molecule has 1 saturated heterocycles. The predicted octanol–water partition coefficient (Wildman–Crippen LogP) is 7.00. The maximum absolute atomic E-state index is 13.7. The van der Waals surface area contributed by atoms with Gasteiger partial charge in [0.15, 0.2) is 11.4 Å². The maximum atomic E-state index is 13.7. The molecule has 40 heavy (non-hydrogen) atoms. The van der Waals surface area contributed by atoms with Crippen LogP contribution in [0, 0.1) is 18.8 Å². The number of rotatable bonds is 12. The number of likely N-dealkylation sites (tertiary alicyclic amines) is 1. The minimum absolute atomic E-state index is 0.0297. The van der Waals surface area contributed by atoms with Gasteiger partial charge in [-0.1, -0.05) is 54.6 Å². The monoisotopic (exact) mass is 559 g/mol. The van der Waals surface area contributed by atoms with Crippen LogP contribution in [0.4, 0.5) is 0 Å². The number of ether oxygens (including phenoxy) is 2. The summed E-state index contributed by atoms with van der Waals surface area (Å²) in [6.45, 7) is 10.1. The van der Waals surface area contributed by atoms with Gasteiger partial charge >= 0.3 is 5.97 Å². The number of carbonyl (C=O) groups is 2. The van der Waals surface area contributed by atoms with E-state index in [1.165, 1.54) is 16.0 Å². The van der Waals surface area contributed by atoms with Crippen molar-refractivity contribution in [1.82, 2.24) is 4.90 Å². The van der Waals surface area contributed by atoms with E-state index in [0.29, 0.717) is 12.4 Å². The van der Waals surface area contributed by atoms with Crippen molar-refractivity contribution in [2.75, 3.05) is 26.0 Å². The molecule has 1 heterocycles. The van der Waals surface area contributed by atoms with Gasteiger partial charge in [0.25, 0.3) is 0 Å². The van der Waals surface area contributed by atoms with Crippen LogP contribution < -0.4 is 4.74 Å². The Morgan fingerprint density at radius 1 is 0.975 bits per heavy atom. The molecular formula is C34H41NO4S. The van der Waals surface area contributed by atoms with Gasteiger partial charge in [0.1, 0.15) is 5.75 Å². The molecule has 1 fully saturated rings. The average molecular weight is 560 g/mol. The Kier molecular flexibility index (Phi) is 10.1. The fourth-order valence-electron chi connectivity index (χ4n) is 5.45. The van der Waals surface area contributed by atoms with Crippen LogP contribution in [0.25, 0.3) is 0 Å². The normalized spacial score (nSPS) is 17.5. The molecule has 3 aromatic rings. The molecule has 212 valence electrons. The molecule has 1 aliphatic rings. The molecule has 5 nitrogen and oxygen atoms in total. The van der Waals surface area contributed by atoms with Crippen LogP contribution in [0.3, 0.4) is 0 Å². The summed E-state index contributed by atoms with van der Waals surface area (Å²) >= 11 is 1.69. The number of nitrogens with zero attached hydrogens (tertiary/aromatic N) is 1. The Labute approximate surface area is 243 Å². The third kappa shape index (κ3) is 7.55. The highest BCUT2D eigenvalue weighted by molar-refractivity contribution is 7.98. The minimum Gasteiger partial charge on any atom is -0.476 e. The third-order valence-electron chi connectivity index (χ3n) is 7.65. The highest BCUT2D eigenvalue weighted by Crippen LogP contribution is 2.33. The molecule has 0 aliphatic carbocycles. The Bertz CT molecular complexity index is 1290. The molecule has 0 bridgehead atoms. The van der Waals surface area contributed by atoms with E-state index in [0.717, 1.165) is 43.6 Å². The molecule has 0 N–H and O–H groups in total. The standard InChI is InChI=1S/C34H41NO4S/c1-6-38-33(37)34(3,4)39-31-19-13-25(20-24(31)2)12-14-28-22-35(21-26-10-8-7-9-11-26)23-30(28)32(36)27-15-17-29(40-5)18-16-27/h7-11,13,15-20,28,30H,6,12,14,21-23H2,1-5H3/t28-,30?/m0/s1. The van der Waals surface area contributed by atoms with Gasteiger partial charge in [-0.3, -0.25) is 9.69 Å². The van der Waals surface area contributed by atoms with Gasteiger partial charge in [-0.2, -0.15) is 0 Å². The lowest BCUT2D eigenvalue weighted by Crippen LogP contribution is -2.39. The van der Waals surface area contributed by atoms with Crippen LogP contribution in [0.2, 0.25) is 0 Å². The number of benzene rings is 3. The van der Waals surface area contributed by atoms with Crippen molar-refractivity contribution in [3.05, 3.63) is 95.1 Å². The van der Waals surface area contributed by atoms with Gasteiger partial charge in [0.05, 0.1) is 6.61 Å². The fraction of sp³-hybridized carbons (Fsp3) is 0.412. The summed E-state index contributed by atoms with van der Waals surface area (Å²) in [6.07, 6.45) is 3.85. The van der Waals surface area contributed by atoms with E-state index in [1.807, 2.05) is 49.6 Å². The van der Waals surface area contributed by atoms with Gasteiger partial charge in [0, 0.05) is 36.0 Å². The summed E-state index contributed by atoms with van der Waals surface area (Å²) in [6, 6.07) is 24.7. The lowest BCUT2D eigenvalue weighted by Gasteiger charge is -2.25. The first kappa shape index (κ1) is 29.9. The van der Waals surface area contributed by atoms with E-state index in [1.54, 1.807) is 32.5 Å². The molecule has 6 heteroatoms. The van der Waals surface area contributed by atoms with E-state index in [9.17, 15) is 9.59 Å². The van der Waals surface area contributed by atoms with E-state index in [2.05, 4.69) is 41.3 Å². The van der Waals surface area contributed by atoms with Crippen molar-refractivity contribution in [2.24, 2.45) is 11.8 Å². The number of carbonyl (C=O) groups excluding carboxylic acids is 2. The van der Waals surface area contributed by atoms with Crippen LogP contribution >= 0.6 is 11.8 Å². The summed E-state index contributed by atoms with van der Waals surface area (Å²) in [7, 11) is 0. The molecular weight excluding hydrogens is 518 g/mol. The fourth-order valence-corrected chi connectivity index (χ4v) is 5.85. The largest absolute Gasteiger partial charge is 0.476 e. The molecule has 0 aromatic heterocycles. The lowest BCUT2D eigenvalue weighted by atomic mass is 9.84. The smallest absolute Gasteiger partial charge is 0.349 e. The van der Waals surface area contributed by atoms with Gasteiger partial charge in [0.2, 0.25) is 0 Å². The number of hydrogen-bond acceptors (Lipinski definition) is 6. The Morgan fingerprint density at radius 3 is 2.35 bits per heavy atom. The summed E-state index contributed by atoms with van der Waals surface area (Å²) in [5.74, 6) is 0.791.